The molecule has 0 aliphatic rings. The minimum atomic E-state index is -0.814. The third kappa shape index (κ3) is 9.65. The van der Waals surface area contributed by atoms with Crippen LogP contribution in [0.15, 0.2) is 48.5 Å². The number of esters is 1. The van der Waals surface area contributed by atoms with Crippen LogP contribution in [0.25, 0.3) is 0 Å². The van der Waals surface area contributed by atoms with Gasteiger partial charge in [0.1, 0.15) is 18.2 Å². The van der Waals surface area contributed by atoms with Gasteiger partial charge in [-0.25, -0.2) is 9.59 Å². The Morgan fingerprint density at radius 1 is 0.882 bits per heavy atom. The van der Waals surface area contributed by atoms with E-state index in [1.54, 1.807) is 20.8 Å². The second-order valence-electron chi connectivity index (χ2n) is 9.73. The lowest BCUT2D eigenvalue weighted by molar-refractivity contribution is -0.148. The molecule has 0 spiro atoms. The van der Waals surface area contributed by atoms with Gasteiger partial charge in [-0.05, 0) is 50.3 Å². The van der Waals surface area contributed by atoms with Crippen molar-refractivity contribution in [2.24, 2.45) is 5.92 Å². The lowest BCUT2D eigenvalue weighted by Crippen LogP contribution is -2.47. The van der Waals surface area contributed by atoms with E-state index in [4.69, 9.17) is 9.47 Å². The van der Waals surface area contributed by atoms with Crippen LogP contribution in [0.4, 0.5) is 4.79 Å². The third-order valence-corrected chi connectivity index (χ3v) is 4.97. The quantitative estimate of drug-likeness (QED) is 0.531. The standard InChI is InChI=1S/C27H36N2O5/c1-18(2)24(29-26(32)34-27(4,5)6)25(31)33-17-22-13-11-20(12-14-22)15-23(30)28-16-21-9-7-19(3)8-10-21/h7-14,18,24H,15-17H2,1-6H3,(H,28,30)(H,29,32)/t24-/m1/s1. The molecule has 0 radical (unpaired) electrons. The number of aryl methyl sites for hydroxylation is 1. The summed E-state index contributed by atoms with van der Waals surface area (Å²) in [5, 5.41) is 5.51. The first-order chi connectivity index (χ1) is 15.9. The predicted molar refractivity (Wildman–Crippen MR) is 131 cm³/mol. The number of nitrogens with one attached hydrogen (secondary N) is 2. The molecule has 34 heavy (non-hydrogen) atoms. The first kappa shape index (κ1) is 26.9. The minimum Gasteiger partial charge on any atom is -0.459 e. The Balaban J connectivity index is 1.82. The summed E-state index contributed by atoms with van der Waals surface area (Å²) in [6.45, 7) is 11.5. The SMILES string of the molecule is Cc1ccc(CNC(=O)Cc2ccc(COC(=O)[C@H](NC(=O)OC(C)(C)C)C(C)C)cc2)cc1. The van der Waals surface area contributed by atoms with Crippen LogP contribution in [0.3, 0.4) is 0 Å². The van der Waals surface area contributed by atoms with Crippen molar-refractivity contribution in [1.29, 1.82) is 0 Å². The molecule has 0 unspecified atom stereocenters. The molecule has 2 amide bonds. The molecule has 7 heteroatoms. The van der Waals surface area contributed by atoms with Crippen molar-refractivity contribution in [2.75, 3.05) is 0 Å². The van der Waals surface area contributed by atoms with Gasteiger partial charge < -0.3 is 20.1 Å². The largest absolute Gasteiger partial charge is 0.459 e. The van der Waals surface area contributed by atoms with E-state index in [0.29, 0.717) is 6.54 Å². The maximum absolute atomic E-state index is 12.5. The number of rotatable bonds is 9. The van der Waals surface area contributed by atoms with Crippen LogP contribution >= 0.6 is 0 Å². The summed E-state index contributed by atoms with van der Waals surface area (Å²) < 4.78 is 10.6. The van der Waals surface area contributed by atoms with E-state index in [-0.39, 0.29) is 24.9 Å². The Kier molecular flexibility index (Phi) is 9.66. The second kappa shape index (κ2) is 12.2. The predicted octanol–water partition coefficient (Wildman–Crippen LogP) is 4.45. The molecule has 0 saturated heterocycles. The summed E-state index contributed by atoms with van der Waals surface area (Å²) in [7, 11) is 0. The smallest absolute Gasteiger partial charge is 0.408 e. The molecule has 2 aromatic carbocycles. The monoisotopic (exact) mass is 468 g/mol. The highest BCUT2D eigenvalue weighted by atomic mass is 16.6. The number of carbonyl (C=O) groups excluding carboxylic acids is 3. The normalized spacial score (nSPS) is 12.1. The molecule has 0 fully saturated rings. The number of amides is 2. The van der Waals surface area contributed by atoms with Crippen molar-refractivity contribution in [3.8, 4) is 0 Å². The first-order valence-corrected chi connectivity index (χ1v) is 11.5. The van der Waals surface area contributed by atoms with Crippen LogP contribution in [0.1, 0.15) is 56.9 Å². The zero-order valence-corrected chi connectivity index (χ0v) is 20.9. The van der Waals surface area contributed by atoms with Crippen molar-refractivity contribution in [1.82, 2.24) is 10.6 Å². The molecule has 0 aliphatic heterocycles. The van der Waals surface area contributed by atoms with Crippen molar-refractivity contribution in [3.63, 3.8) is 0 Å². The van der Waals surface area contributed by atoms with Crippen molar-refractivity contribution in [3.05, 3.63) is 70.8 Å². The molecule has 184 valence electrons. The molecule has 2 aromatic rings. The van der Waals surface area contributed by atoms with Gasteiger partial charge in [-0.15, -0.1) is 0 Å². The zero-order valence-electron chi connectivity index (χ0n) is 20.9. The van der Waals surface area contributed by atoms with E-state index in [0.717, 1.165) is 16.7 Å². The summed E-state index contributed by atoms with van der Waals surface area (Å²) in [5.41, 5.74) is 3.23. The fourth-order valence-corrected chi connectivity index (χ4v) is 3.08. The Morgan fingerprint density at radius 2 is 1.44 bits per heavy atom. The van der Waals surface area contributed by atoms with Crippen LogP contribution in [-0.2, 0) is 38.6 Å². The number of hydrogen-bond acceptors (Lipinski definition) is 5. The van der Waals surface area contributed by atoms with Gasteiger partial charge in [0.15, 0.2) is 0 Å². The molecule has 2 rings (SSSR count). The molecule has 0 bridgehead atoms. The third-order valence-electron chi connectivity index (χ3n) is 4.97. The molecule has 0 saturated carbocycles. The van der Waals surface area contributed by atoms with Gasteiger partial charge in [-0.1, -0.05) is 67.9 Å². The van der Waals surface area contributed by atoms with Crippen molar-refractivity contribution in [2.45, 2.75) is 72.8 Å². The van der Waals surface area contributed by atoms with Gasteiger partial charge >= 0.3 is 12.1 Å². The summed E-state index contributed by atoms with van der Waals surface area (Å²) in [6.07, 6.45) is -0.394. The van der Waals surface area contributed by atoms with E-state index in [9.17, 15) is 14.4 Å². The molecule has 2 N–H and O–H groups in total. The van der Waals surface area contributed by atoms with E-state index in [1.165, 1.54) is 5.56 Å². The molecule has 7 nitrogen and oxygen atoms in total. The topological polar surface area (TPSA) is 93.7 Å². The molecule has 0 aliphatic carbocycles. The molecule has 0 aromatic heterocycles. The number of benzene rings is 2. The van der Waals surface area contributed by atoms with Crippen LogP contribution in [0.5, 0.6) is 0 Å². The van der Waals surface area contributed by atoms with Crippen molar-refractivity contribution < 1.29 is 23.9 Å². The lowest BCUT2D eigenvalue weighted by Gasteiger charge is -2.24. The highest BCUT2D eigenvalue weighted by Gasteiger charge is 2.28. The Morgan fingerprint density at radius 3 is 2.00 bits per heavy atom. The highest BCUT2D eigenvalue weighted by molar-refractivity contribution is 5.81. The van der Waals surface area contributed by atoms with E-state index in [1.807, 2.05) is 69.3 Å². The van der Waals surface area contributed by atoms with Crippen LogP contribution < -0.4 is 10.6 Å². The van der Waals surface area contributed by atoms with Crippen LogP contribution in [-0.4, -0.2) is 29.6 Å². The fourth-order valence-electron chi connectivity index (χ4n) is 3.08. The first-order valence-electron chi connectivity index (χ1n) is 11.5. The van der Waals surface area contributed by atoms with Gasteiger partial charge in [0.2, 0.25) is 5.91 Å². The van der Waals surface area contributed by atoms with E-state index in [2.05, 4.69) is 10.6 Å². The van der Waals surface area contributed by atoms with E-state index < -0.39 is 23.7 Å². The fraction of sp³-hybridized carbons (Fsp3) is 0.444. The van der Waals surface area contributed by atoms with Gasteiger partial charge in [0, 0.05) is 6.54 Å². The van der Waals surface area contributed by atoms with Gasteiger partial charge in [0.25, 0.3) is 0 Å². The van der Waals surface area contributed by atoms with E-state index >= 15 is 0 Å². The summed E-state index contributed by atoms with van der Waals surface area (Å²) in [5.74, 6) is -0.756. The van der Waals surface area contributed by atoms with Gasteiger partial charge in [0.05, 0.1) is 6.42 Å². The molecular weight excluding hydrogens is 432 g/mol. The number of ether oxygens (including phenoxy) is 2. The average molecular weight is 469 g/mol. The summed E-state index contributed by atoms with van der Waals surface area (Å²) in [4.78, 5) is 36.8. The Bertz CT molecular complexity index is 960. The second-order valence-corrected chi connectivity index (χ2v) is 9.73. The average Bonchev–Trinajstić information content (AvgIpc) is 2.75. The number of alkyl carbamates (subject to hydrolysis) is 1. The lowest BCUT2D eigenvalue weighted by atomic mass is 10.0. The van der Waals surface area contributed by atoms with Gasteiger partial charge in [-0.3, -0.25) is 4.79 Å². The highest BCUT2D eigenvalue weighted by Crippen LogP contribution is 2.12. The van der Waals surface area contributed by atoms with Gasteiger partial charge in [-0.2, -0.15) is 0 Å². The molecule has 0 heterocycles. The van der Waals surface area contributed by atoms with Crippen LogP contribution in [0.2, 0.25) is 0 Å². The molecular formula is C27H36N2O5. The maximum atomic E-state index is 12.5. The molecule has 1 atom stereocenters. The van der Waals surface area contributed by atoms with Crippen molar-refractivity contribution >= 4 is 18.0 Å². The Labute approximate surface area is 202 Å². The number of carbonyl (C=O) groups is 3. The maximum Gasteiger partial charge on any atom is 0.408 e. The number of hydrogen-bond donors (Lipinski definition) is 2. The zero-order chi connectivity index (χ0) is 25.3. The minimum absolute atomic E-state index is 0.0623. The Hall–Kier alpha value is -3.35. The van der Waals surface area contributed by atoms with Crippen LogP contribution in [0, 0.1) is 12.8 Å². The summed E-state index contributed by atoms with van der Waals surface area (Å²) in [6, 6.07) is 14.5. The summed E-state index contributed by atoms with van der Waals surface area (Å²) >= 11 is 0.